The zero-order chi connectivity index (χ0) is 21.8. The number of rotatable bonds is 6. The predicted molar refractivity (Wildman–Crippen MR) is 123 cm³/mol. The molecule has 0 spiro atoms. The van der Waals surface area contributed by atoms with E-state index in [1.807, 2.05) is 49.6 Å². The molecule has 0 saturated carbocycles. The Balaban J connectivity index is 1.46. The van der Waals surface area contributed by atoms with Gasteiger partial charge in [-0.15, -0.1) is 11.3 Å². The standard InChI is InChI=1S/C24H20N2O4S/c1-15-11-24(28)30-22-12-18(8-9-20(15)22)26-23(27)10-7-17-5-3-4-6-21(17)29-13-19-14-31-16(2)25-19/h3-12,14H,13H2,1-2H3,(H,26,27)/b10-7+. The Morgan fingerprint density at radius 2 is 2.03 bits per heavy atom. The zero-order valence-corrected chi connectivity index (χ0v) is 17.9. The second-order valence-electron chi connectivity index (χ2n) is 6.97. The van der Waals surface area contributed by atoms with Crippen molar-refractivity contribution in [3.63, 3.8) is 0 Å². The van der Waals surface area contributed by atoms with Crippen molar-refractivity contribution in [2.24, 2.45) is 0 Å². The van der Waals surface area contributed by atoms with E-state index in [4.69, 9.17) is 9.15 Å². The zero-order valence-electron chi connectivity index (χ0n) is 17.0. The number of aromatic nitrogens is 1. The van der Waals surface area contributed by atoms with Gasteiger partial charge in [-0.1, -0.05) is 18.2 Å². The molecule has 0 aliphatic rings. The highest BCUT2D eigenvalue weighted by Gasteiger charge is 2.06. The van der Waals surface area contributed by atoms with Gasteiger partial charge in [0.15, 0.2) is 0 Å². The summed E-state index contributed by atoms with van der Waals surface area (Å²) in [7, 11) is 0. The lowest BCUT2D eigenvalue weighted by Crippen LogP contribution is -2.08. The summed E-state index contributed by atoms with van der Waals surface area (Å²) >= 11 is 1.58. The minimum Gasteiger partial charge on any atom is -0.487 e. The first-order chi connectivity index (χ1) is 15.0. The van der Waals surface area contributed by atoms with Gasteiger partial charge in [-0.05, 0) is 43.7 Å². The number of aryl methyl sites for hydroxylation is 2. The Bertz CT molecular complexity index is 1340. The van der Waals surface area contributed by atoms with E-state index in [1.165, 1.54) is 12.1 Å². The molecule has 0 aliphatic carbocycles. The first-order valence-electron chi connectivity index (χ1n) is 9.64. The molecule has 4 rings (SSSR count). The largest absolute Gasteiger partial charge is 0.487 e. The molecule has 156 valence electrons. The van der Waals surface area contributed by atoms with E-state index in [0.29, 0.717) is 23.6 Å². The van der Waals surface area contributed by atoms with Gasteiger partial charge in [-0.3, -0.25) is 4.79 Å². The topological polar surface area (TPSA) is 81.4 Å². The van der Waals surface area contributed by atoms with Crippen LogP contribution in [0.25, 0.3) is 17.0 Å². The Labute approximate surface area is 182 Å². The summed E-state index contributed by atoms with van der Waals surface area (Å²) < 4.78 is 11.1. The number of thiazole rings is 1. The molecule has 0 saturated heterocycles. The number of ether oxygens (including phenoxy) is 1. The fourth-order valence-corrected chi connectivity index (χ4v) is 3.73. The van der Waals surface area contributed by atoms with Gasteiger partial charge in [0.05, 0.1) is 10.7 Å². The first kappa shape index (κ1) is 20.6. The molecule has 7 heteroatoms. The lowest BCUT2D eigenvalue weighted by molar-refractivity contribution is -0.111. The highest BCUT2D eigenvalue weighted by atomic mass is 32.1. The molecular weight excluding hydrogens is 412 g/mol. The fourth-order valence-electron chi connectivity index (χ4n) is 3.13. The summed E-state index contributed by atoms with van der Waals surface area (Å²) in [5, 5.41) is 6.57. The molecule has 2 heterocycles. The van der Waals surface area contributed by atoms with Gasteiger partial charge in [0.2, 0.25) is 5.91 Å². The van der Waals surface area contributed by atoms with Crippen LogP contribution in [-0.2, 0) is 11.4 Å². The highest BCUT2D eigenvalue weighted by Crippen LogP contribution is 2.23. The van der Waals surface area contributed by atoms with E-state index in [2.05, 4.69) is 10.3 Å². The van der Waals surface area contributed by atoms with E-state index in [-0.39, 0.29) is 5.91 Å². The van der Waals surface area contributed by atoms with E-state index in [1.54, 1.807) is 29.5 Å². The van der Waals surface area contributed by atoms with Crippen molar-refractivity contribution < 1.29 is 13.9 Å². The summed E-state index contributed by atoms with van der Waals surface area (Å²) in [6.45, 7) is 4.16. The Kier molecular flexibility index (Phi) is 5.95. The molecule has 2 aromatic heterocycles. The van der Waals surface area contributed by atoms with Crippen molar-refractivity contribution in [1.29, 1.82) is 0 Å². The summed E-state index contributed by atoms with van der Waals surface area (Å²) in [5.74, 6) is 0.361. The van der Waals surface area contributed by atoms with Crippen LogP contribution in [0.4, 0.5) is 5.69 Å². The minimum atomic E-state index is -0.419. The molecule has 1 amide bonds. The van der Waals surface area contributed by atoms with Gasteiger partial charge >= 0.3 is 5.63 Å². The number of para-hydroxylation sites is 1. The number of hydrogen-bond donors (Lipinski definition) is 1. The summed E-state index contributed by atoms with van der Waals surface area (Å²) in [4.78, 5) is 28.4. The van der Waals surface area contributed by atoms with E-state index in [0.717, 1.165) is 27.2 Å². The number of nitrogens with zero attached hydrogens (tertiary/aromatic N) is 1. The quantitative estimate of drug-likeness (QED) is 0.339. The van der Waals surface area contributed by atoms with Crippen LogP contribution in [0.15, 0.2) is 69.2 Å². The molecule has 0 bridgehead atoms. The van der Waals surface area contributed by atoms with Crippen molar-refractivity contribution in [3.8, 4) is 5.75 Å². The molecule has 0 fully saturated rings. The normalized spacial score (nSPS) is 11.2. The lowest BCUT2D eigenvalue weighted by atomic mass is 10.1. The summed E-state index contributed by atoms with van der Waals surface area (Å²) in [6.07, 6.45) is 3.13. The second kappa shape index (κ2) is 8.97. The number of fused-ring (bicyclic) bond motifs is 1. The Morgan fingerprint density at radius 1 is 1.19 bits per heavy atom. The van der Waals surface area contributed by atoms with E-state index >= 15 is 0 Å². The SMILES string of the molecule is Cc1nc(COc2ccccc2/C=C/C(=O)Nc2ccc3c(C)cc(=O)oc3c2)cs1. The van der Waals surface area contributed by atoms with Gasteiger partial charge in [0.1, 0.15) is 17.9 Å². The van der Waals surface area contributed by atoms with Crippen molar-refractivity contribution in [3.05, 3.63) is 92.2 Å². The van der Waals surface area contributed by atoms with Gasteiger partial charge < -0.3 is 14.5 Å². The molecule has 0 aliphatic heterocycles. The number of carbonyl (C=O) groups is 1. The monoisotopic (exact) mass is 432 g/mol. The molecule has 0 atom stereocenters. The van der Waals surface area contributed by atoms with Crippen molar-refractivity contribution in [1.82, 2.24) is 4.98 Å². The minimum absolute atomic E-state index is 0.306. The van der Waals surface area contributed by atoms with Crippen LogP contribution in [0.2, 0.25) is 0 Å². The molecule has 1 N–H and O–H groups in total. The highest BCUT2D eigenvalue weighted by molar-refractivity contribution is 7.09. The van der Waals surface area contributed by atoms with Gasteiger partial charge in [-0.25, -0.2) is 9.78 Å². The van der Waals surface area contributed by atoms with Gasteiger partial charge in [-0.2, -0.15) is 0 Å². The third kappa shape index (κ3) is 5.07. The third-order valence-corrected chi connectivity index (χ3v) is 5.42. The maximum atomic E-state index is 12.4. The summed E-state index contributed by atoms with van der Waals surface area (Å²) in [5.41, 5.74) is 3.04. The number of anilines is 1. The predicted octanol–water partition coefficient (Wildman–Crippen LogP) is 5.10. The average Bonchev–Trinajstić information content (AvgIpc) is 3.16. The van der Waals surface area contributed by atoms with Crippen LogP contribution in [0.5, 0.6) is 5.75 Å². The smallest absolute Gasteiger partial charge is 0.336 e. The Hall–Kier alpha value is -3.71. The van der Waals surface area contributed by atoms with Crippen molar-refractivity contribution in [2.75, 3.05) is 5.32 Å². The molecule has 0 radical (unpaired) electrons. The maximum absolute atomic E-state index is 12.4. The van der Waals surface area contributed by atoms with Crippen molar-refractivity contribution >= 4 is 40.0 Å². The maximum Gasteiger partial charge on any atom is 0.336 e. The average molecular weight is 433 g/mol. The molecule has 6 nitrogen and oxygen atoms in total. The molecule has 0 unspecified atom stereocenters. The fraction of sp³-hybridized carbons (Fsp3) is 0.125. The summed E-state index contributed by atoms with van der Waals surface area (Å²) in [6, 6.07) is 14.2. The van der Waals surface area contributed by atoms with Crippen molar-refractivity contribution in [2.45, 2.75) is 20.5 Å². The molecular formula is C24H20N2O4S. The number of benzene rings is 2. The van der Waals surface area contributed by atoms with Crippen LogP contribution < -0.4 is 15.7 Å². The number of nitrogens with one attached hydrogen (secondary N) is 1. The van der Waals surface area contributed by atoms with Crippen LogP contribution in [-0.4, -0.2) is 10.9 Å². The van der Waals surface area contributed by atoms with Gasteiger partial charge in [0.25, 0.3) is 0 Å². The van der Waals surface area contributed by atoms with Crippen LogP contribution in [0.3, 0.4) is 0 Å². The molecule has 4 aromatic rings. The number of hydrogen-bond acceptors (Lipinski definition) is 6. The van der Waals surface area contributed by atoms with Crippen LogP contribution in [0.1, 0.15) is 21.8 Å². The van der Waals surface area contributed by atoms with Crippen LogP contribution >= 0.6 is 11.3 Å². The molecule has 2 aromatic carbocycles. The van der Waals surface area contributed by atoms with E-state index < -0.39 is 5.63 Å². The Morgan fingerprint density at radius 3 is 2.84 bits per heavy atom. The lowest BCUT2D eigenvalue weighted by Gasteiger charge is -2.08. The number of carbonyl (C=O) groups excluding carboxylic acids is 1. The second-order valence-corrected chi connectivity index (χ2v) is 8.03. The van der Waals surface area contributed by atoms with E-state index in [9.17, 15) is 9.59 Å². The first-order valence-corrected chi connectivity index (χ1v) is 10.5. The number of amides is 1. The molecule has 31 heavy (non-hydrogen) atoms. The van der Waals surface area contributed by atoms with Crippen LogP contribution in [0, 0.1) is 13.8 Å². The third-order valence-electron chi connectivity index (χ3n) is 4.59. The van der Waals surface area contributed by atoms with Gasteiger partial charge in [0, 0.05) is 40.2 Å².